The largest absolute Gasteiger partial charge is 0.488 e. The van der Waals surface area contributed by atoms with E-state index in [1.54, 1.807) is 12.1 Å². The molecule has 2 aromatic rings. The standard InChI is InChI=1S/C19H12ClNO3/c20-15-6-7-17-14(10-15)8-12(11-23-17)9-16-19(22)24-18(21-16)13-4-2-1-3-5-13/h1-10H,11H2/b16-9-. The minimum Gasteiger partial charge on any atom is -0.488 e. The van der Waals surface area contributed by atoms with Crippen LogP contribution in [0, 0.1) is 0 Å². The van der Waals surface area contributed by atoms with Gasteiger partial charge in [0.25, 0.3) is 0 Å². The van der Waals surface area contributed by atoms with Crippen LogP contribution in [0.2, 0.25) is 5.02 Å². The maximum absolute atomic E-state index is 12.0. The van der Waals surface area contributed by atoms with Gasteiger partial charge in [0, 0.05) is 16.1 Å². The number of esters is 1. The number of benzene rings is 2. The van der Waals surface area contributed by atoms with E-state index in [1.807, 2.05) is 48.5 Å². The van der Waals surface area contributed by atoms with Crippen LogP contribution in [-0.4, -0.2) is 18.5 Å². The Hall–Kier alpha value is -2.85. The number of halogens is 1. The molecule has 0 spiro atoms. The van der Waals surface area contributed by atoms with Crippen LogP contribution in [-0.2, 0) is 9.53 Å². The van der Waals surface area contributed by atoms with Crippen molar-refractivity contribution < 1.29 is 14.3 Å². The highest BCUT2D eigenvalue weighted by atomic mass is 35.5. The van der Waals surface area contributed by atoms with Gasteiger partial charge in [-0.1, -0.05) is 29.8 Å². The molecule has 0 unspecified atom stereocenters. The van der Waals surface area contributed by atoms with Crippen molar-refractivity contribution in [2.24, 2.45) is 4.99 Å². The van der Waals surface area contributed by atoms with E-state index < -0.39 is 5.97 Å². The molecule has 0 amide bonds. The van der Waals surface area contributed by atoms with Crippen molar-refractivity contribution in [3.8, 4) is 5.75 Å². The predicted molar refractivity (Wildman–Crippen MR) is 92.1 cm³/mol. The zero-order valence-electron chi connectivity index (χ0n) is 12.5. The molecule has 0 N–H and O–H groups in total. The lowest BCUT2D eigenvalue weighted by Gasteiger charge is -2.16. The summed E-state index contributed by atoms with van der Waals surface area (Å²) in [6.45, 7) is 0.363. The molecule has 0 fully saturated rings. The van der Waals surface area contributed by atoms with Gasteiger partial charge in [-0.15, -0.1) is 0 Å². The molecule has 0 saturated carbocycles. The minimum absolute atomic E-state index is 0.259. The molecular formula is C19H12ClNO3. The Morgan fingerprint density at radius 1 is 1.12 bits per heavy atom. The molecule has 0 atom stereocenters. The maximum atomic E-state index is 12.0. The smallest absolute Gasteiger partial charge is 0.363 e. The van der Waals surface area contributed by atoms with Crippen LogP contribution in [0.4, 0.5) is 0 Å². The van der Waals surface area contributed by atoms with E-state index >= 15 is 0 Å². The maximum Gasteiger partial charge on any atom is 0.363 e. The fraction of sp³-hybridized carbons (Fsp3) is 0.0526. The molecule has 2 aliphatic rings. The summed E-state index contributed by atoms with van der Waals surface area (Å²) >= 11 is 6.01. The Morgan fingerprint density at radius 2 is 1.96 bits per heavy atom. The van der Waals surface area contributed by atoms with E-state index in [9.17, 15) is 4.79 Å². The first-order chi connectivity index (χ1) is 11.7. The third-order valence-electron chi connectivity index (χ3n) is 3.67. The van der Waals surface area contributed by atoms with Crippen molar-refractivity contribution in [3.05, 3.63) is 82.0 Å². The summed E-state index contributed by atoms with van der Waals surface area (Å²) < 4.78 is 10.9. The zero-order valence-corrected chi connectivity index (χ0v) is 13.3. The van der Waals surface area contributed by atoms with Gasteiger partial charge in [-0.05, 0) is 48.1 Å². The van der Waals surface area contributed by atoms with Gasteiger partial charge < -0.3 is 9.47 Å². The molecule has 4 rings (SSSR count). The van der Waals surface area contributed by atoms with Crippen LogP contribution in [0.15, 0.2) is 70.9 Å². The van der Waals surface area contributed by atoms with Crippen LogP contribution >= 0.6 is 11.6 Å². The lowest BCUT2D eigenvalue weighted by molar-refractivity contribution is -0.130. The quantitative estimate of drug-likeness (QED) is 0.614. The summed E-state index contributed by atoms with van der Waals surface area (Å²) in [6.07, 6.45) is 3.61. The topological polar surface area (TPSA) is 47.9 Å². The average Bonchev–Trinajstić information content (AvgIpc) is 2.96. The summed E-state index contributed by atoms with van der Waals surface area (Å²) in [6, 6.07) is 14.7. The lowest BCUT2D eigenvalue weighted by Crippen LogP contribution is -2.08. The number of rotatable bonds is 2. The van der Waals surface area contributed by atoms with Gasteiger partial charge in [0.1, 0.15) is 12.4 Å². The molecule has 0 saturated heterocycles. The van der Waals surface area contributed by atoms with Gasteiger partial charge in [0.15, 0.2) is 5.70 Å². The van der Waals surface area contributed by atoms with Crippen molar-refractivity contribution in [1.29, 1.82) is 0 Å². The van der Waals surface area contributed by atoms with Gasteiger partial charge >= 0.3 is 5.97 Å². The number of aliphatic imine (C=N–C) groups is 1. The Kier molecular flexibility index (Phi) is 3.67. The van der Waals surface area contributed by atoms with Crippen LogP contribution < -0.4 is 4.74 Å². The van der Waals surface area contributed by atoms with Crippen LogP contribution in [0.1, 0.15) is 11.1 Å². The molecule has 24 heavy (non-hydrogen) atoms. The third-order valence-corrected chi connectivity index (χ3v) is 3.91. The summed E-state index contributed by atoms with van der Waals surface area (Å²) in [5, 5.41) is 0.632. The first-order valence-electron chi connectivity index (χ1n) is 7.40. The Bertz CT molecular complexity index is 913. The van der Waals surface area contributed by atoms with Gasteiger partial charge in [0.2, 0.25) is 5.90 Å². The SMILES string of the molecule is O=C1OC(c2ccccc2)=N/C1=C\C1=Cc2cc(Cl)ccc2OC1. The van der Waals surface area contributed by atoms with Gasteiger partial charge in [-0.3, -0.25) is 0 Å². The van der Waals surface area contributed by atoms with Crippen LogP contribution in [0.25, 0.3) is 6.08 Å². The predicted octanol–water partition coefficient (Wildman–Crippen LogP) is 4.00. The van der Waals surface area contributed by atoms with Crippen LogP contribution in [0.3, 0.4) is 0 Å². The second-order valence-electron chi connectivity index (χ2n) is 5.39. The van der Waals surface area contributed by atoms with E-state index in [1.165, 1.54) is 0 Å². The van der Waals surface area contributed by atoms with Gasteiger partial charge in [-0.25, -0.2) is 9.79 Å². The highest BCUT2D eigenvalue weighted by molar-refractivity contribution is 6.30. The molecular weight excluding hydrogens is 326 g/mol. The fourth-order valence-electron chi connectivity index (χ4n) is 2.54. The van der Waals surface area contributed by atoms with Crippen LogP contribution in [0.5, 0.6) is 5.75 Å². The molecule has 2 aliphatic heterocycles. The molecule has 118 valence electrons. The monoisotopic (exact) mass is 337 g/mol. The number of cyclic esters (lactones) is 1. The number of hydrogen-bond acceptors (Lipinski definition) is 4. The highest BCUT2D eigenvalue weighted by Crippen LogP contribution is 2.30. The Balaban J connectivity index is 1.66. The molecule has 0 aliphatic carbocycles. The molecule has 0 radical (unpaired) electrons. The van der Waals surface area contributed by atoms with Gasteiger partial charge in [0.05, 0.1) is 0 Å². The van der Waals surface area contributed by atoms with E-state index in [0.29, 0.717) is 17.5 Å². The number of carbonyl (C=O) groups excluding carboxylic acids is 1. The van der Waals surface area contributed by atoms with Crippen molar-refractivity contribution in [2.45, 2.75) is 0 Å². The fourth-order valence-corrected chi connectivity index (χ4v) is 2.72. The first-order valence-corrected chi connectivity index (χ1v) is 7.78. The number of ether oxygens (including phenoxy) is 2. The van der Waals surface area contributed by atoms with Crippen molar-refractivity contribution in [3.63, 3.8) is 0 Å². The Morgan fingerprint density at radius 3 is 2.79 bits per heavy atom. The summed E-state index contributed by atoms with van der Waals surface area (Å²) in [7, 11) is 0. The molecule has 4 nitrogen and oxygen atoms in total. The second kappa shape index (κ2) is 5.98. The first kappa shape index (κ1) is 14.7. The molecule has 2 heterocycles. The van der Waals surface area contributed by atoms with Gasteiger partial charge in [-0.2, -0.15) is 0 Å². The van der Waals surface area contributed by atoms with E-state index in [4.69, 9.17) is 21.1 Å². The Labute approximate surface area is 143 Å². The van der Waals surface area contributed by atoms with Crippen molar-refractivity contribution in [2.75, 3.05) is 6.61 Å². The molecule has 2 aromatic carbocycles. The average molecular weight is 338 g/mol. The molecule has 0 bridgehead atoms. The summed E-state index contributed by atoms with van der Waals surface area (Å²) in [5.74, 6) is 0.614. The molecule has 5 heteroatoms. The number of nitrogens with zero attached hydrogens (tertiary/aromatic N) is 1. The lowest BCUT2D eigenvalue weighted by atomic mass is 10.1. The third kappa shape index (κ3) is 2.84. The minimum atomic E-state index is -0.466. The van der Waals surface area contributed by atoms with E-state index in [-0.39, 0.29) is 5.70 Å². The number of fused-ring (bicyclic) bond motifs is 1. The number of hydrogen-bond donors (Lipinski definition) is 0. The summed E-state index contributed by atoms with van der Waals surface area (Å²) in [4.78, 5) is 16.3. The normalized spacial score (nSPS) is 17.7. The molecule has 0 aromatic heterocycles. The van der Waals surface area contributed by atoms with Crippen molar-refractivity contribution in [1.82, 2.24) is 0 Å². The summed E-state index contributed by atoms with van der Waals surface area (Å²) in [5.41, 5.74) is 2.73. The van der Waals surface area contributed by atoms with Crippen molar-refractivity contribution >= 4 is 29.5 Å². The van der Waals surface area contributed by atoms with E-state index in [0.717, 1.165) is 22.4 Å². The highest BCUT2D eigenvalue weighted by Gasteiger charge is 2.24. The van der Waals surface area contributed by atoms with E-state index in [2.05, 4.69) is 4.99 Å². The zero-order chi connectivity index (χ0) is 16.5. The number of carbonyl (C=O) groups is 1. The second-order valence-corrected chi connectivity index (χ2v) is 5.83.